The Bertz CT molecular complexity index is 629. The largest absolute Gasteiger partial charge is 0.489 e. The molecule has 2 heterocycles. The number of carbonyl (C=O) groups is 1. The number of likely N-dealkylation sites (tertiary alicyclic amines) is 2. The predicted molar refractivity (Wildman–Crippen MR) is 114 cm³/mol. The van der Waals surface area contributed by atoms with Crippen molar-refractivity contribution >= 4 is 29.3 Å². The fourth-order valence-corrected chi connectivity index (χ4v) is 4.85. The summed E-state index contributed by atoms with van der Waals surface area (Å²) in [6.45, 7) is 6.06. The molecular weight excluding hydrogens is 380 g/mol. The monoisotopic (exact) mass is 410 g/mol. The first-order chi connectivity index (χ1) is 13.1. The molecule has 0 aliphatic carbocycles. The number of nitrogens with zero attached hydrogens (tertiary/aromatic N) is 2. The van der Waals surface area contributed by atoms with Gasteiger partial charge >= 0.3 is 0 Å². The van der Waals surface area contributed by atoms with Crippen molar-refractivity contribution in [2.45, 2.75) is 51.2 Å². The van der Waals surface area contributed by atoms with E-state index in [0.29, 0.717) is 22.4 Å². The first-order valence-electron chi connectivity index (χ1n) is 10.1. The van der Waals surface area contributed by atoms with Crippen molar-refractivity contribution in [3.05, 3.63) is 28.8 Å². The van der Waals surface area contributed by atoms with Gasteiger partial charge in [0.15, 0.2) is 0 Å². The summed E-state index contributed by atoms with van der Waals surface area (Å²) >= 11 is 8.11. The van der Waals surface area contributed by atoms with Gasteiger partial charge in [0, 0.05) is 43.0 Å². The van der Waals surface area contributed by atoms with E-state index in [1.54, 1.807) is 6.07 Å². The van der Waals surface area contributed by atoms with Crippen LogP contribution in [-0.4, -0.2) is 66.0 Å². The highest BCUT2D eigenvalue weighted by atomic mass is 35.5. The minimum atomic E-state index is 0.0763. The SMILES string of the molecule is CSCC(C)N1CCC(Oc2cc(Cl)ccc2C(=O)N2CCCCC2)CC1. The average Bonchev–Trinajstić information content (AvgIpc) is 2.69. The van der Waals surface area contributed by atoms with E-state index in [1.165, 1.54) is 6.42 Å². The van der Waals surface area contributed by atoms with Crippen LogP contribution in [0, 0.1) is 0 Å². The lowest BCUT2D eigenvalue weighted by Crippen LogP contribution is -2.44. The van der Waals surface area contributed by atoms with E-state index in [0.717, 1.165) is 57.6 Å². The molecule has 0 spiro atoms. The normalized spacial score (nSPS) is 20.5. The minimum absolute atomic E-state index is 0.0763. The van der Waals surface area contributed by atoms with Crippen molar-refractivity contribution in [2.24, 2.45) is 0 Å². The summed E-state index contributed by atoms with van der Waals surface area (Å²) in [4.78, 5) is 17.5. The van der Waals surface area contributed by atoms with Crippen LogP contribution >= 0.6 is 23.4 Å². The predicted octanol–water partition coefficient (Wildman–Crippen LogP) is 4.56. The third kappa shape index (κ3) is 5.55. The highest BCUT2D eigenvalue weighted by Gasteiger charge is 2.26. The average molecular weight is 411 g/mol. The zero-order chi connectivity index (χ0) is 19.2. The van der Waals surface area contributed by atoms with Crippen LogP contribution in [0.1, 0.15) is 49.4 Å². The maximum Gasteiger partial charge on any atom is 0.257 e. The molecular formula is C21H31ClN2O2S. The number of piperidine rings is 2. The third-order valence-corrected chi connectivity index (χ3v) is 6.67. The van der Waals surface area contributed by atoms with Crippen LogP contribution in [0.25, 0.3) is 0 Å². The molecule has 1 atom stereocenters. The van der Waals surface area contributed by atoms with Gasteiger partial charge in [-0.1, -0.05) is 11.6 Å². The number of hydrogen-bond donors (Lipinski definition) is 0. The van der Waals surface area contributed by atoms with Crippen molar-refractivity contribution in [3.8, 4) is 5.75 Å². The number of rotatable bonds is 6. The third-order valence-electron chi connectivity index (χ3n) is 5.62. The van der Waals surface area contributed by atoms with Crippen LogP contribution in [0.15, 0.2) is 18.2 Å². The van der Waals surface area contributed by atoms with Gasteiger partial charge in [0.25, 0.3) is 5.91 Å². The van der Waals surface area contributed by atoms with Crippen molar-refractivity contribution in [3.63, 3.8) is 0 Å². The highest BCUT2D eigenvalue weighted by Crippen LogP contribution is 2.29. The summed E-state index contributed by atoms with van der Waals surface area (Å²) in [7, 11) is 0. The van der Waals surface area contributed by atoms with Gasteiger partial charge in [0.05, 0.1) is 5.56 Å². The van der Waals surface area contributed by atoms with Crippen LogP contribution in [0.5, 0.6) is 5.75 Å². The lowest BCUT2D eigenvalue weighted by molar-refractivity contribution is 0.0693. The Balaban J connectivity index is 1.64. The fourth-order valence-electron chi connectivity index (χ4n) is 4.00. The summed E-state index contributed by atoms with van der Waals surface area (Å²) in [6, 6.07) is 6.02. The molecule has 6 heteroatoms. The standard InChI is InChI=1S/C21H31ClN2O2S/c1-16(15-27-2)23-12-8-18(9-13-23)26-20-14-17(22)6-7-19(20)21(25)24-10-4-3-5-11-24/h6-7,14,16,18H,3-5,8-13,15H2,1-2H3. The summed E-state index contributed by atoms with van der Waals surface area (Å²) in [5.74, 6) is 1.88. The van der Waals surface area contributed by atoms with Crippen molar-refractivity contribution < 1.29 is 9.53 Å². The molecule has 4 nitrogen and oxygen atoms in total. The van der Waals surface area contributed by atoms with Gasteiger partial charge in [-0.2, -0.15) is 11.8 Å². The van der Waals surface area contributed by atoms with E-state index in [2.05, 4.69) is 18.1 Å². The Kier molecular flexibility index (Phi) is 7.74. The Morgan fingerprint density at radius 1 is 1.22 bits per heavy atom. The molecule has 3 rings (SSSR count). The van der Waals surface area contributed by atoms with Crippen LogP contribution in [0.4, 0.5) is 0 Å². The quantitative estimate of drug-likeness (QED) is 0.688. The van der Waals surface area contributed by atoms with Gasteiger partial charge in [-0.05, 0) is 63.5 Å². The first kappa shape index (κ1) is 20.8. The Hall–Kier alpha value is -0.910. The number of hydrogen-bond acceptors (Lipinski definition) is 4. The molecule has 2 fully saturated rings. The second-order valence-electron chi connectivity index (χ2n) is 7.65. The number of thioether (sulfide) groups is 1. The number of benzene rings is 1. The summed E-state index contributed by atoms with van der Waals surface area (Å²) in [6.07, 6.45) is 7.66. The van der Waals surface area contributed by atoms with Gasteiger partial charge in [0.1, 0.15) is 11.9 Å². The number of halogens is 1. The molecule has 0 aromatic heterocycles. The molecule has 0 bridgehead atoms. The van der Waals surface area contributed by atoms with Gasteiger partial charge in [0.2, 0.25) is 0 Å². The summed E-state index contributed by atoms with van der Waals surface area (Å²) in [5.41, 5.74) is 0.652. The van der Waals surface area contributed by atoms with Crippen LogP contribution in [0.2, 0.25) is 5.02 Å². The zero-order valence-electron chi connectivity index (χ0n) is 16.5. The second-order valence-corrected chi connectivity index (χ2v) is 9.00. The van der Waals surface area contributed by atoms with Gasteiger partial charge < -0.3 is 9.64 Å². The molecule has 0 N–H and O–H groups in total. The molecule has 1 amide bonds. The Morgan fingerprint density at radius 2 is 1.93 bits per heavy atom. The number of ether oxygens (including phenoxy) is 1. The van der Waals surface area contributed by atoms with Crippen LogP contribution in [-0.2, 0) is 0 Å². The van der Waals surface area contributed by atoms with E-state index in [-0.39, 0.29) is 12.0 Å². The Morgan fingerprint density at radius 3 is 2.59 bits per heavy atom. The molecule has 0 saturated carbocycles. The summed E-state index contributed by atoms with van der Waals surface area (Å²) in [5, 5.41) is 0.617. The van der Waals surface area contributed by atoms with E-state index < -0.39 is 0 Å². The Labute approximate surface area is 172 Å². The lowest BCUT2D eigenvalue weighted by Gasteiger charge is -2.36. The minimum Gasteiger partial charge on any atom is -0.489 e. The van der Waals surface area contributed by atoms with E-state index >= 15 is 0 Å². The van der Waals surface area contributed by atoms with Crippen molar-refractivity contribution in [1.29, 1.82) is 0 Å². The molecule has 2 aliphatic heterocycles. The van der Waals surface area contributed by atoms with Crippen LogP contribution < -0.4 is 4.74 Å². The van der Waals surface area contributed by atoms with Crippen molar-refractivity contribution in [1.82, 2.24) is 9.80 Å². The van der Waals surface area contributed by atoms with Crippen molar-refractivity contribution in [2.75, 3.05) is 38.2 Å². The zero-order valence-corrected chi connectivity index (χ0v) is 18.0. The fraction of sp³-hybridized carbons (Fsp3) is 0.667. The maximum absolute atomic E-state index is 13.0. The molecule has 150 valence electrons. The molecule has 27 heavy (non-hydrogen) atoms. The lowest BCUT2D eigenvalue weighted by atomic mass is 10.1. The molecule has 1 aromatic carbocycles. The van der Waals surface area contributed by atoms with Crippen LogP contribution in [0.3, 0.4) is 0 Å². The van der Waals surface area contributed by atoms with Gasteiger partial charge in [-0.15, -0.1) is 0 Å². The summed E-state index contributed by atoms with van der Waals surface area (Å²) < 4.78 is 6.30. The molecule has 2 saturated heterocycles. The highest BCUT2D eigenvalue weighted by molar-refractivity contribution is 7.98. The molecule has 0 radical (unpaired) electrons. The number of carbonyl (C=O) groups excluding carboxylic acids is 1. The van der Waals surface area contributed by atoms with Gasteiger partial charge in [-0.25, -0.2) is 0 Å². The number of amides is 1. The maximum atomic E-state index is 13.0. The van der Waals surface area contributed by atoms with E-state index in [1.807, 2.05) is 28.8 Å². The molecule has 1 aromatic rings. The topological polar surface area (TPSA) is 32.8 Å². The molecule has 1 unspecified atom stereocenters. The second kappa shape index (κ2) is 10.0. The smallest absolute Gasteiger partial charge is 0.257 e. The van der Waals surface area contributed by atoms with Gasteiger partial charge in [-0.3, -0.25) is 9.69 Å². The van der Waals surface area contributed by atoms with E-state index in [4.69, 9.17) is 16.3 Å². The molecule has 2 aliphatic rings. The van der Waals surface area contributed by atoms with E-state index in [9.17, 15) is 4.79 Å². The first-order valence-corrected chi connectivity index (χ1v) is 11.8.